The monoisotopic (exact) mass is 212 g/mol. The van der Waals surface area contributed by atoms with Gasteiger partial charge in [-0.05, 0) is 18.4 Å². The number of rotatable bonds is 4. The Kier molecular flexibility index (Phi) is 4.10. The lowest BCUT2D eigenvalue weighted by Crippen LogP contribution is -2.40. The van der Waals surface area contributed by atoms with Crippen molar-refractivity contribution in [3.05, 3.63) is 22.4 Å². The molecule has 1 rings (SSSR count). The van der Waals surface area contributed by atoms with E-state index in [9.17, 15) is 4.79 Å². The van der Waals surface area contributed by atoms with Crippen molar-refractivity contribution >= 4 is 17.2 Å². The molecule has 0 bridgehead atoms. The first-order valence-corrected chi connectivity index (χ1v) is 5.46. The highest BCUT2D eigenvalue weighted by molar-refractivity contribution is 7.09. The molecule has 1 aromatic rings. The number of hydrogen-bond acceptors (Lipinski definition) is 3. The zero-order chi connectivity index (χ0) is 10.6. The smallest absolute Gasteiger partial charge is 0.238 e. The molecule has 0 aliphatic heterocycles. The van der Waals surface area contributed by atoms with Crippen LogP contribution in [0.15, 0.2) is 17.5 Å². The van der Waals surface area contributed by atoms with Crippen molar-refractivity contribution < 1.29 is 4.79 Å². The predicted molar refractivity (Wildman–Crippen MR) is 59.3 cm³/mol. The summed E-state index contributed by atoms with van der Waals surface area (Å²) < 4.78 is 0. The van der Waals surface area contributed by atoms with Gasteiger partial charge in [-0.2, -0.15) is 0 Å². The number of likely N-dealkylation sites (N-methyl/N-ethyl adjacent to an activating group) is 1. The van der Waals surface area contributed by atoms with Crippen molar-refractivity contribution in [3.63, 3.8) is 0 Å². The third-order valence-electron chi connectivity index (χ3n) is 1.97. The minimum atomic E-state index is -0.118. The number of carbonyl (C=O) groups excluding carboxylic acids is 1. The molecule has 0 aromatic carbocycles. The number of hydrogen-bond donors (Lipinski definition) is 1. The van der Waals surface area contributed by atoms with Crippen molar-refractivity contribution in [2.45, 2.75) is 19.5 Å². The molecule has 1 N–H and O–H groups in total. The molecule has 1 amide bonds. The predicted octanol–water partition coefficient (Wildman–Crippen LogP) is 1.31. The second kappa shape index (κ2) is 5.12. The minimum absolute atomic E-state index is 0.113. The SMILES string of the molecule is CC(NCc1cccs1)C(=O)N(C)C. The number of carbonyl (C=O) groups is 1. The summed E-state index contributed by atoms with van der Waals surface area (Å²) >= 11 is 1.70. The van der Waals surface area contributed by atoms with Gasteiger partial charge in [-0.25, -0.2) is 0 Å². The molecule has 0 aliphatic rings. The van der Waals surface area contributed by atoms with Crippen molar-refractivity contribution in [2.24, 2.45) is 0 Å². The fourth-order valence-electron chi connectivity index (χ4n) is 1.14. The molecule has 14 heavy (non-hydrogen) atoms. The first-order chi connectivity index (χ1) is 6.61. The van der Waals surface area contributed by atoms with Gasteiger partial charge in [-0.3, -0.25) is 4.79 Å². The van der Waals surface area contributed by atoms with Crippen LogP contribution in [0.2, 0.25) is 0 Å². The Morgan fingerprint density at radius 3 is 2.86 bits per heavy atom. The largest absolute Gasteiger partial charge is 0.347 e. The Balaban J connectivity index is 2.35. The van der Waals surface area contributed by atoms with Crippen LogP contribution in [0.5, 0.6) is 0 Å². The molecule has 0 saturated carbocycles. The number of amides is 1. The first kappa shape index (κ1) is 11.2. The lowest BCUT2D eigenvalue weighted by Gasteiger charge is -2.17. The molecule has 1 aromatic heterocycles. The van der Waals surface area contributed by atoms with Crippen LogP contribution in [0.25, 0.3) is 0 Å². The molecule has 3 nitrogen and oxygen atoms in total. The quantitative estimate of drug-likeness (QED) is 0.816. The normalized spacial score (nSPS) is 12.5. The molecule has 4 heteroatoms. The maximum Gasteiger partial charge on any atom is 0.238 e. The Morgan fingerprint density at radius 1 is 1.64 bits per heavy atom. The Hall–Kier alpha value is -0.870. The molecular weight excluding hydrogens is 196 g/mol. The van der Waals surface area contributed by atoms with Crippen LogP contribution >= 0.6 is 11.3 Å². The highest BCUT2D eigenvalue weighted by atomic mass is 32.1. The second-order valence-electron chi connectivity index (χ2n) is 3.41. The van der Waals surface area contributed by atoms with E-state index in [4.69, 9.17) is 0 Å². The van der Waals surface area contributed by atoms with E-state index in [1.54, 1.807) is 30.3 Å². The van der Waals surface area contributed by atoms with Crippen LogP contribution in [0, 0.1) is 0 Å². The van der Waals surface area contributed by atoms with Crippen molar-refractivity contribution in [1.29, 1.82) is 0 Å². The fraction of sp³-hybridized carbons (Fsp3) is 0.500. The lowest BCUT2D eigenvalue weighted by molar-refractivity contribution is -0.130. The van der Waals surface area contributed by atoms with Crippen LogP contribution in [-0.2, 0) is 11.3 Å². The van der Waals surface area contributed by atoms with Gasteiger partial charge in [-0.15, -0.1) is 11.3 Å². The molecule has 0 aliphatic carbocycles. The van der Waals surface area contributed by atoms with E-state index < -0.39 is 0 Å². The zero-order valence-corrected chi connectivity index (χ0v) is 9.60. The second-order valence-corrected chi connectivity index (χ2v) is 4.45. The van der Waals surface area contributed by atoms with Crippen molar-refractivity contribution in [2.75, 3.05) is 14.1 Å². The van der Waals surface area contributed by atoms with Crippen LogP contribution in [0.1, 0.15) is 11.8 Å². The number of nitrogens with one attached hydrogen (secondary N) is 1. The van der Waals surface area contributed by atoms with Crippen LogP contribution < -0.4 is 5.32 Å². The molecule has 0 radical (unpaired) electrons. The summed E-state index contributed by atoms with van der Waals surface area (Å²) in [4.78, 5) is 14.3. The standard InChI is InChI=1S/C10H16N2OS/c1-8(10(13)12(2)3)11-7-9-5-4-6-14-9/h4-6,8,11H,7H2,1-3H3. The van der Waals surface area contributed by atoms with E-state index in [1.165, 1.54) is 4.88 Å². The van der Waals surface area contributed by atoms with Crippen LogP contribution in [0.4, 0.5) is 0 Å². The topological polar surface area (TPSA) is 32.3 Å². The van der Waals surface area contributed by atoms with Gasteiger partial charge in [0.05, 0.1) is 6.04 Å². The molecular formula is C10H16N2OS. The molecule has 1 unspecified atom stereocenters. The van der Waals surface area contributed by atoms with E-state index >= 15 is 0 Å². The Bertz CT molecular complexity index is 282. The number of nitrogens with zero attached hydrogens (tertiary/aromatic N) is 1. The molecule has 1 atom stereocenters. The van der Waals surface area contributed by atoms with Gasteiger partial charge < -0.3 is 10.2 Å². The van der Waals surface area contributed by atoms with Gasteiger partial charge in [0, 0.05) is 25.5 Å². The minimum Gasteiger partial charge on any atom is -0.347 e. The summed E-state index contributed by atoms with van der Waals surface area (Å²) in [5, 5.41) is 5.22. The average molecular weight is 212 g/mol. The van der Waals surface area contributed by atoms with E-state index in [0.717, 1.165) is 6.54 Å². The van der Waals surface area contributed by atoms with Gasteiger partial charge in [-0.1, -0.05) is 6.07 Å². The summed E-state index contributed by atoms with van der Waals surface area (Å²) in [7, 11) is 3.54. The maximum absolute atomic E-state index is 11.5. The van der Waals surface area contributed by atoms with Crippen LogP contribution in [0.3, 0.4) is 0 Å². The van der Waals surface area contributed by atoms with Crippen molar-refractivity contribution in [1.82, 2.24) is 10.2 Å². The maximum atomic E-state index is 11.5. The third-order valence-corrected chi connectivity index (χ3v) is 2.85. The molecule has 0 saturated heterocycles. The highest BCUT2D eigenvalue weighted by Crippen LogP contribution is 2.07. The number of thiophene rings is 1. The van der Waals surface area contributed by atoms with Gasteiger partial charge in [0.2, 0.25) is 5.91 Å². The van der Waals surface area contributed by atoms with E-state index in [0.29, 0.717) is 0 Å². The molecule has 0 fully saturated rings. The molecule has 1 heterocycles. The van der Waals surface area contributed by atoms with Crippen LogP contribution in [-0.4, -0.2) is 30.9 Å². The van der Waals surface area contributed by atoms with Gasteiger partial charge in [0.25, 0.3) is 0 Å². The molecule has 78 valence electrons. The first-order valence-electron chi connectivity index (χ1n) is 4.58. The van der Waals surface area contributed by atoms with Gasteiger partial charge in [0.15, 0.2) is 0 Å². The van der Waals surface area contributed by atoms with Gasteiger partial charge >= 0.3 is 0 Å². The Labute approximate surface area is 88.7 Å². The van der Waals surface area contributed by atoms with E-state index in [-0.39, 0.29) is 11.9 Å². The highest BCUT2D eigenvalue weighted by Gasteiger charge is 2.13. The van der Waals surface area contributed by atoms with Crippen molar-refractivity contribution in [3.8, 4) is 0 Å². The lowest BCUT2D eigenvalue weighted by atomic mass is 10.3. The van der Waals surface area contributed by atoms with E-state index in [2.05, 4.69) is 11.4 Å². The summed E-state index contributed by atoms with van der Waals surface area (Å²) in [5.74, 6) is 0.113. The summed E-state index contributed by atoms with van der Waals surface area (Å²) in [6, 6.07) is 3.96. The summed E-state index contributed by atoms with van der Waals surface area (Å²) in [6.07, 6.45) is 0. The molecule has 0 spiro atoms. The average Bonchev–Trinajstić information content (AvgIpc) is 2.65. The van der Waals surface area contributed by atoms with E-state index in [1.807, 2.05) is 18.4 Å². The Morgan fingerprint density at radius 2 is 2.36 bits per heavy atom. The fourth-order valence-corrected chi connectivity index (χ4v) is 1.80. The third kappa shape index (κ3) is 3.12. The van der Waals surface area contributed by atoms with Gasteiger partial charge in [0.1, 0.15) is 0 Å². The summed E-state index contributed by atoms with van der Waals surface area (Å²) in [5.41, 5.74) is 0. The summed E-state index contributed by atoms with van der Waals surface area (Å²) in [6.45, 7) is 2.65. The zero-order valence-electron chi connectivity index (χ0n) is 8.78.